The minimum absolute atomic E-state index is 0.125. The Kier molecular flexibility index (Phi) is 4.89. The van der Waals surface area contributed by atoms with E-state index in [0.29, 0.717) is 16.1 Å². The highest BCUT2D eigenvalue weighted by Gasteiger charge is 2.08. The summed E-state index contributed by atoms with van der Waals surface area (Å²) in [5, 5.41) is 10.4. The van der Waals surface area contributed by atoms with E-state index in [4.69, 9.17) is 27.9 Å². The lowest BCUT2D eigenvalue weighted by atomic mass is 10.1. The highest BCUT2D eigenvalue weighted by atomic mass is 35.5. The molecule has 0 unspecified atom stereocenters. The van der Waals surface area contributed by atoms with Gasteiger partial charge in [0.25, 0.3) is 0 Å². The van der Waals surface area contributed by atoms with Gasteiger partial charge in [-0.05, 0) is 48.0 Å². The van der Waals surface area contributed by atoms with Crippen LogP contribution in [0.15, 0.2) is 42.5 Å². The van der Waals surface area contributed by atoms with E-state index in [1.807, 2.05) is 0 Å². The van der Waals surface area contributed by atoms with Gasteiger partial charge in [-0.1, -0.05) is 29.3 Å². The number of hydrogen-bond acceptors (Lipinski definition) is 3. The molecule has 0 atom stereocenters. The maximum atomic E-state index is 12.0. The maximum Gasteiger partial charge on any atom is 0.185 e. The van der Waals surface area contributed by atoms with Crippen molar-refractivity contribution in [3.8, 4) is 11.5 Å². The number of phenolic OH excluding ortho intramolecular Hbond substituents is 1. The van der Waals surface area contributed by atoms with E-state index in [9.17, 15) is 9.90 Å². The zero-order valence-electron chi connectivity index (χ0n) is 11.1. The largest absolute Gasteiger partial charge is 0.503 e. The zero-order valence-corrected chi connectivity index (χ0v) is 12.7. The summed E-state index contributed by atoms with van der Waals surface area (Å²) in [7, 11) is 1.43. The van der Waals surface area contributed by atoms with Crippen LogP contribution in [-0.4, -0.2) is 18.0 Å². The minimum atomic E-state index is -0.158. The lowest BCUT2D eigenvalue weighted by Crippen LogP contribution is -1.93. The summed E-state index contributed by atoms with van der Waals surface area (Å²) in [6, 6.07) is 9.75. The van der Waals surface area contributed by atoms with Crippen molar-refractivity contribution in [3.63, 3.8) is 0 Å². The van der Waals surface area contributed by atoms with Crippen molar-refractivity contribution in [3.05, 3.63) is 63.6 Å². The summed E-state index contributed by atoms with van der Waals surface area (Å²) < 4.78 is 5.00. The molecule has 0 aliphatic heterocycles. The van der Waals surface area contributed by atoms with Crippen molar-refractivity contribution >= 4 is 35.1 Å². The fourth-order valence-electron chi connectivity index (χ4n) is 1.73. The number of allylic oxidation sites excluding steroid dienone is 1. The number of hydrogen-bond donors (Lipinski definition) is 1. The van der Waals surface area contributed by atoms with Crippen molar-refractivity contribution in [1.82, 2.24) is 0 Å². The standard InChI is InChI=1S/C16H12Cl2O3/c1-21-15-9-10(8-13(18)16(15)20)2-7-14(19)11-3-5-12(17)6-4-11/h2-9,20H,1H3/b7-2+. The maximum absolute atomic E-state index is 12.0. The molecule has 0 spiro atoms. The van der Waals surface area contributed by atoms with Crippen LogP contribution in [0.1, 0.15) is 15.9 Å². The number of methoxy groups -OCH3 is 1. The van der Waals surface area contributed by atoms with Gasteiger partial charge in [-0.3, -0.25) is 4.79 Å². The molecule has 108 valence electrons. The Bertz CT molecular complexity index is 691. The molecule has 0 heterocycles. The lowest BCUT2D eigenvalue weighted by molar-refractivity contribution is 0.104. The van der Waals surface area contributed by atoms with Gasteiger partial charge in [0, 0.05) is 10.6 Å². The number of carbonyl (C=O) groups excluding carboxylic acids is 1. The predicted molar refractivity (Wildman–Crippen MR) is 84.5 cm³/mol. The number of ketones is 1. The minimum Gasteiger partial charge on any atom is -0.503 e. The molecule has 3 nitrogen and oxygen atoms in total. The third-order valence-corrected chi connectivity index (χ3v) is 3.37. The number of benzene rings is 2. The van der Waals surface area contributed by atoms with Gasteiger partial charge >= 0.3 is 0 Å². The van der Waals surface area contributed by atoms with Crippen LogP contribution in [0, 0.1) is 0 Å². The van der Waals surface area contributed by atoms with Crippen LogP contribution >= 0.6 is 23.2 Å². The topological polar surface area (TPSA) is 46.5 Å². The van der Waals surface area contributed by atoms with E-state index in [1.165, 1.54) is 13.2 Å². The quantitative estimate of drug-likeness (QED) is 0.660. The molecule has 0 saturated heterocycles. The van der Waals surface area contributed by atoms with Gasteiger partial charge in [-0.25, -0.2) is 0 Å². The predicted octanol–water partition coefficient (Wildman–Crippen LogP) is 4.60. The van der Waals surface area contributed by atoms with Crippen LogP contribution in [0.2, 0.25) is 10.0 Å². The number of ether oxygens (including phenoxy) is 1. The molecular formula is C16H12Cl2O3. The summed E-state index contributed by atoms with van der Waals surface area (Å²) in [6.45, 7) is 0. The van der Waals surface area contributed by atoms with Gasteiger partial charge in [0.2, 0.25) is 0 Å². The van der Waals surface area contributed by atoms with Crippen LogP contribution in [0.5, 0.6) is 11.5 Å². The van der Waals surface area contributed by atoms with E-state index in [2.05, 4.69) is 0 Å². The van der Waals surface area contributed by atoms with E-state index < -0.39 is 0 Å². The second-order valence-electron chi connectivity index (χ2n) is 4.26. The summed E-state index contributed by atoms with van der Waals surface area (Å²) in [5.41, 5.74) is 1.18. The molecule has 2 aromatic carbocycles. The number of aromatic hydroxyl groups is 1. The monoisotopic (exact) mass is 322 g/mol. The number of carbonyl (C=O) groups is 1. The molecule has 0 aliphatic carbocycles. The summed E-state index contributed by atoms with van der Waals surface area (Å²) >= 11 is 11.7. The first-order valence-electron chi connectivity index (χ1n) is 6.05. The van der Waals surface area contributed by atoms with Gasteiger partial charge < -0.3 is 9.84 Å². The van der Waals surface area contributed by atoms with Crippen LogP contribution in [0.25, 0.3) is 6.08 Å². The Balaban J connectivity index is 2.23. The van der Waals surface area contributed by atoms with Crippen LogP contribution < -0.4 is 4.74 Å². The van der Waals surface area contributed by atoms with Crippen molar-refractivity contribution in [2.24, 2.45) is 0 Å². The fourth-order valence-corrected chi connectivity index (χ4v) is 2.07. The van der Waals surface area contributed by atoms with Crippen LogP contribution in [-0.2, 0) is 0 Å². The molecule has 2 rings (SSSR count). The highest BCUT2D eigenvalue weighted by molar-refractivity contribution is 6.32. The molecular weight excluding hydrogens is 311 g/mol. The lowest BCUT2D eigenvalue weighted by Gasteiger charge is -2.06. The molecule has 21 heavy (non-hydrogen) atoms. The Labute approximate surface area is 132 Å². The number of rotatable bonds is 4. The van der Waals surface area contributed by atoms with E-state index in [-0.39, 0.29) is 22.3 Å². The first-order valence-corrected chi connectivity index (χ1v) is 6.81. The molecule has 0 aliphatic rings. The molecule has 0 radical (unpaired) electrons. The van der Waals surface area contributed by atoms with Crippen LogP contribution in [0.3, 0.4) is 0 Å². The van der Waals surface area contributed by atoms with E-state index in [1.54, 1.807) is 42.5 Å². The average molecular weight is 323 g/mol. The van der Waals surface area contributed by atoms with E-state index in [0.717, 1.165) is 0 Å². The molecule has 0 fully saturated rings. The molecule has 0 amide bonds. The average Bonchev–Trinajstić information content (AvgIpc) is 2.48. The molecule has 1 N–H and O–H groups in total. The summed E-state index contributed by atoms with van der Waals surface area (Å²) in [6.07, 6.45) is 3.02. The van der Waals surface area contributed by atoms with Gasteiger partial charge in [-0.2, -0.15) is 0 Å². The first-order chi connectivity index (χ1) is 10.0. The SMILES string of the molecule is COc1cc(/C=C/C(=O)c2ccc(Cl)cc2)cc(Cl)c1O. The van der Waals surface area contributed by atoms with Crippen molar-refractivity contribution < 1.29 is 14.6 Å². The smallest absolute Gasteiger partial charge is 0.185 e. The normalized spacial score (nSPS) is 10.8. The first kappa shape index (κ1) is 15.4. The van der Waals surface area contributed by atoms with E-state index >= 15 is 0 Å². The third-order valence-electron chi connectivity index (χ3n) is 2.83. The van der Waals surface area contributed by atoms with Gasteiger partial charge in [-0.15, -0.1) is 0 Å². The van der Waals surface area contributed by atoms with Crippen LogP contribution in [0.4, 0.5) is 0 Å². The van der Waals surface area contributed by atoms with Gasteiger partial charge in [0.15, 0.2) is 17.3 Å². The highest BCUT2D eigenvalue weighted by Crippen LogP contribution is 2.35. The molecule has 0 bridgehead atoms. The number of halogens is 2. The molecule has 2 aromatic rings. The zero-order chi connectivity index (χ0) is 15.4. The van der Waals surface area contributed by atoms with Crippen molar-refractivity contribution in [2.75, 3.05) is 7.11 Å². The van der Waals surface area contributed by atoms with Crippen molar-refractivity contribution in [2.45, 2.75) is 0 Å². The second kappa shape index (κ2) is 6.66. The van der Waals surface area contributed by atoms with Crippen molar-refractivity contribution in [1.29, 1.82) is 0 Å². The molecule has 0 aromatic heterocycles. The Morgan fingerprint density at radius 3 is 2.48 bits per heavy atom. The fraction of sp³-hybridized carbons (Fsp3) is 0.0625. The Morgan fingerprint density at radius 2 is 1.86 bits per heavy atom. The third kappa shape index (κ3) is 3.78. The Morgan fingerprint density at radius 1 is 1.19 bits per heavy atom. The number of phenols is 1. The Hall–Kier alpha value is -1.97. The van der Waals surface area contributed by atoms with Gasteiger partial charge in [0.1, 0.15) is 0 Å². The molecule has 5 heteroatoms. The van der Waals surface area contributed by atoms with Gasteiger partial charge in [0.05, 0.1) is 12.1 Å². The summed E-state index contributed by atoms with van der Waals surface area (Å²) in [4.78, 5) is 12.0. The second-order valence-corrected chi connectivity index (χ2v) is 5.10. The molecule has 0 saturated carbocycles. The summed E-state index contributed by atoms with van der Waals surface area (Å²) in [5.74, 6) is -0.0312.